The summed E-state index contributed by atoms with van der Waals surface area (Å²) in [4.78, 5) is 26.9. The molecular weight excluding hydrogens is 354 g/mol. The van der Waals surface area contributed by atoms with Crippen LogP contribution in [0.4, 0.5) is 0 Å². The number of hydrogen-bond donors (Lipinski definition) is 1. The average molecular weight is 374 g/mol. The number of carbonyl (C=O) groups excluding carboxylic acids is 1. The van der Waals surface area contributed by atoms with Gasteiger partial charge in [-0.2, -0.15) is 0 Å². The van der Waals surface area contributed by atoms with Crippen molar-refractivity contribution in [2.75, 3.05) is 19.5 Å². The number of aliphatic carboxylic acids is 1. The lowest BCUT2D eigenvalue weighted by molar-refractivity contribution is -0.140. The molecule has 1 heterocycles. The van der Waals surface area contributed by atoms with Gasteiger partial charge in [0.05, 0.1) is 13.2 Å². The highest BCUT2D eigenvalue weighted by atomic mass is 35.5. The molecule has 0 saturated heterocycles. The molecule has 2 atom stereocenters. The van der Waals surface area contributed by atoms with Crippen LogP contribution in [0.5, 0.6) is 5.75 Å². The van der Waals surface area contributed by atoms with Gasteiger partial charge in [0.15, 0.2) is 0 Å². The summed E-state index contributed by atoms with van der Waals surface area (Å²) in [6, 6.07) is 13.5. The number of rotatable bonds is 6. The topological polar surface area (TPSA) is 66.8 Å². The average Bonchev–Trinajstić information content (AvgIpc) is 2.67. The van der Waals surface area contributed by atoms with Crippen LogP contribution in [-0.4, -0.2) is 41.4 Å². The van der Waals surface area contributed by atoms with Crippen molar-refractivity contribution < 1.29 is 19.4 Å². The minimum absolute atomic E-state index is 0.163. The lowest BCUT2D eigenvalue weighted by Crippen LogP contribution is -2.45. The number of carboxylic acid groups (broad SMARTS) is 1. The minimum atomic E-state index is -0.957. The van der Waals surface area contributed by atoms with E-state index in [2.05, 4.69) is 0 Å². The molecule has 0 saturated carbocycles. The summed E-state index contributed by atoms with van der Waals surface area (Å²) >= 11 is 5.83. The molecule has 5 nitrogen and oxygen atoms in total. The van der Waals surface area contributed by atoms with Gasteiger partial charge in [-0.15, -0.1) is 11.6 Å². The first-order valence-electron chi connectivity index (χ1n) is 8.41. The van der Waals surface area contributed by atoms with Crippen molar-refractivity contribution in [3.63, 3.8) is 0 Å². The van der Waals surface area contributed by atoms with Crippen LogP contribution in [0, 0.1) is 0 Å². The SMILES string of the molecule is COc1ccc([C@@H]2[C@H](C(=O)O)c3ccccc3C(=O)N2CCCCl)cc1. The summed E-state index contributed by atoms with van der Waals surface area (Å²) in [6.07, 6.45) is 0.592. The highest BCUT2D eigenvalue weighted by molar-refractivity contribution is 6.17. The van der Waals surface area contributed by atoms with Crippen LogP contribution >= 0.6 is 11.6 Å². The Balaban J connectivity index is 2.14. The molecule has 0 fully saturated rings. The van der Waals surface area contributed by atoms with Gasteiger partial charge in [0.2, 0.25) is 0 Å². The number of alkyl halides is 1. The second-order valence-electron chi connectivity index (χ2n) is 6.16. The summed E-state index contributed by atoms with van der Waals surface area (Å²) in [7, 11) is 1.57. The number of carboxylic acids is 1. The number of benzene rings is 2. The van der Waals surface area contributed by atoms with E-state index in [4.69, 9.17) is 16.3 Å². The molecule has 0 radical (unpaired) electrons. The van der Waals surface area contributed by atoms with E-state index >= 15 is 0 Å². The third-order valence-corrected chi connectivity index (χ3v) is 4.96. The van der Waals surface area contributed by atoms with E-state index < -0.39 is 17.9 Å². The number of ether oxygens (including phenoxy) is 1. The quantitative estimate of drug-likeness (QED) is 0.784. The molecule has 0 spiro atoms. The molecule has 136 valence electrons. The zero-order valence-corrected chi connectivity index (χ0v) is 15.1. The Morgan fingerprint density at radius 2 is 1.88 bits per heavy atom. The fraction of sp³-hybridized carbons (Fsp3) is 0.300. The molecule has 0 unspecified atom stereocenters. The van der Waals surface area contributed by atoms with E-state index in [0.29, 0.717) is 35.7 Å². The number of carbonyl (C=O) groups is 2. The fourth-order valence-corrected chi connectivity index (χ4v) is 3.63. The zero-order valence-electron chi connectivity index (χ0n) is 14.4. The highest BCUT2D eigenvalue weighted by Crippen LogP contribution is 2.43. The predicted molar refractivity (Wildman–Crippen MR) is 98.9 cm³/mol. The number of methoxy groups -OCH3 is 1. The molecule has 2 aromatic carbocycles. The smallest absolute Gasteiger partial charge is 0.313 e. The van der Waals surface area contributed by atoms with Crippen molar-refractivity contribution in [3.05, 3.63) is 65.2 Å². The monoisotopic (exact) mass is 373 g/mol. The zero-order chi connectivity index (χ0) is 18.7. The van der Waals surface area contributed by atoms with E-state index in [9.17, 15) is 14.7 Å². The molecule has 6 heteroatoms. The van der Waals surface area contributed by atoms with Gasteiger partial charge in [0.1, 0.15) is 11.7 Å². The summed E-state index contributed by atoms with van der Waals surface area (Å²) in [5.74, 6) is -0.882. The first-order chi connectivity index (χ1) is 12.6. The Morgan fingerprint density at radius 3 is 2.50 bits per heavy atom. The van der Waals surface area contributed by atoms with E-state index in [-0.39, 0.29) is 5.91 Å². The molecule has 2 aromatic rings. The van der Waals surface area contributed by atoms with Gasteiger partial charge in [0.25, 0.3) is 5.91 Å². The van der Waals surface area contributed by atoms with E-state index in [1.807, 2.05) is 12.1 Å². The second-order valence-corrected chi connectivity index (χ2v) is 6.54. The normalized spacial score (nSPS) is 19.2. The highest BCUT2D eigenvalue weighted by Gasteiger charge is 2.43. The Hall–Kier alpha value is -2.53. The van der Waals surface area contributed by atoms with Gasteiger partial charge in [0, 0.05) is 18.0 Å². The molecular formula is C20H20ClNO4. The van der Waals surface area contributed by atoms with Gasteiger partial charge in [-0.05, 0) is 35.7 Å². The second kappa shape index (κ2) is 7.79. The molecule has 0 aromatic heterocycles. The lowest BCUT2D eigenvalue weighted by atomic mass is 9.79. The number of halogens is 1. The van der Waals surface area contributed by atoms with E-state index in [1.54, 1.807) is 48.4 Å². The maximum atomic E-state index is 13.1. The van der Waals surface area contributed by atoms with Gasteiger partial charge < -0.3 is 14.7 Å². The number of amides is 1. The largest absolute Gasteiger partial charge is 0.497 e. The summed E-state index contributed by atoms with van der Waals surface area (Å²) in [5, 5.41) is 9.96. The van der Waals surface area contributed by atoms with Crippen molar-refractivity contribution in [2.45, 2.75) is 18.4 Å². The van der Waals surface area contributed by atoms with Crippen LogP contribution in [0.25, 0.3) is 0 Å². The van der Waals surface area contributed by atoms with E-state index in [0.717, 1.165) is 5.56 Å². The molecule has 1 aliphatic rings. The van der Waals surface area contributed by atoms with Crippen LogP contribution in [0.1, 0.15) is 39.9 Å². The molecule has 1 amide bonds. The van der Waals surface area contributed by atoms with Crippen LogP contribution in [0.3, 0.4) is 0 Å². The van der Waals surface area contributed by atoms with Crippen molar-refractivity contribution in [1.82, 2.24) is 4.90 Å². The van der Waals surface area contributed by atoms with E-state index in [1.165, 1.54) is 0 Å². The van der Waals surface area contributed by atoms with Crippen LogP contribution in [0.15, 0.2) is 48.5 Å². The van der Waals surface area contributed by atoms with Gasteiger partial charge in [-0.25, -0.2) is 0 Å². The summed E-state index contributed by atoms with van der Waals surface area (Å²) in [5.41, 5.74) is 1.75. The minimum Gasteiger partial charge on any atom is -0.497 e. The van der Waals surface area contributed by atoms with Gasteiger partial charge >= 0.3 is 5.97 Å². The number of nitrogens with zero attached hydrogens (tertiary/aromatic N) is 1. The van der Waals surface area contributed by atoms with Crippen molar-refractivity contribution in [3.8, 4) is 5.75 Å². The Kier molecular flexibility index (Phi) is 5.47. The molecule has 26 heavy (non-hydrogen) atoms. The summed E-state index contributed by atoms with van der Waals surface area (Å²) < 4.78 is 5.19. The maximum Gasteiger partial charge on any atom is 0.313 e. The van der Waals surface area contributed by atoms with Crippen LogP contribution < -0.4 is 4.74 Å². The Bertz CT molecular complexity index is 806. The van der Waals surface area contributed by atoms with Crippen molar-refractivity contribution in [2.24, 2.45) is 0 Å². The number of fused-ring (bicyclic) bond motifs is 1. The standard InChI is InChI=1S/C20H20ClNO4/c1-26-14-9-7-13(8-10-14)18-17(20(24)25)15-5-2-3-6-16(15)19(23)22(18)12-4-11-21/h2-3,5-10,17-18H,4,11-12H2,1H3,(H,24,25)/t17-,18-/m1/s1. The Morgan fingerprint density at radius 1 is 1.19 bits per heavy atom. The Labute approximate surface area is 157 Å². The predicted octanol–water partition coefficient (Wildman–Crippen LogP) is 3.69. The molecule has 0 aliphatic carbocycles. The maximum absolute atomic E-state index is 13.1. The first-order valence-corrected chi connectivity index (χ1v) is 8.94. The number of hydrogen-bond acceptors (Lipinski definition) is 3. The lowest BCUT2D eigenvalue weighted by Gasteiger charge is -2.41. The van der Waals surface area contributed by atoms with Crippen LogP contribution in [0.2, 0.25) is 0 Å². The van der Waals surface area contributed by atoms with Gasteiger partial charge in [-0.3, -0.25) is 9.59 Å². The molecule has 1 aliphatic heterocycles. The third-order valence-electron chi connectivity index (χ3n) is 4.69. The van der Waals surface area contributed by atoms with Gasteiger partial charge in [-0.1, -0.05) is 30.3 Å². The molecule has 1 N–H and O–H groups in total. The fourth-order valence-electron chi connectivity index (χ4n) is 3.51. The van der Waals surface area contributed by atoms with Crippen LogP contribution in [-0.2, 0) is 4.79 Å². The van der Waals surface area contributed by atoms with Crippen molar-refractivity contribution in [1.29, 1.82) is 0 Å². The van der Waals surface area contributed by atoms with Crippen molar-refractivity contribution >= 4 is 23.5 Å². The first kappa shape index (κ1) is 18.3. The molecule has 0 bridgehead atoms. The summed E-state index contributed by atoms with van der Waals surface area (Å²) in [6.45, 7) is 0.400. The third kappa shape index (κ3) is 3.27. The molecule has 3 rings (SSSR count).